The highest BCUT2D eigenvalue weighted by molar-refractivity contribution is 9.10. The molecule has 0 saturated heterocycles. The van der Waals surface area contributed by atoms with Gasteiger partial charge in [-0.2, -0.15) is 0 Å². The quantitative estimate of drug-likeness (QED) is 0.788. The van der Waals surface area contributed by atoms with E-state index in [2.05, 4.69) is 54.0 Å². The van der Waals surface area contributed by atoms with Crippen molar-refractivity contribution in [2.75, 3.05) is 0 Å². The first-order valence-electron chi connectivity index (χ1n) is 4.44. The van der Waals surface area contributed by atoms with Crippen molar-refractivity contribution in [3.63, 3.8) is 0 Å². The Morgan fingerprint density at radius 2 is 1.87 bits per heavy atom. The fourth-order valence-electron chi connectivity index (χ4n) is 1.30. The summed E-state index contributed by atoms with van der Waals surface area (Å²) in [5, 5.41) is 0. The number of rotatable bonds is 2. The first-order valence-corrected chi connectivity index (χ1v) is 6.02. The van der Waals surface area contributed by atoms with Crippen LogP contribution in [0.5, 0.6) is 0 Å². The van der Waals surface area contributed by atoms with E-state index in [1.165, 1.54) is 11.1 Å². The highest BCUT2D eigenvalue weighted by Gasteiger charge is 1.98. The van der Waals surface area contributed by atoms with Crippen LogP contribution in [0, 0.1) is 0 Å². The summed E-state index contributed by atoms with van der Waals surface area (Å²) < 4.78 is 1.86. The summed E-state index contributed by atoms with van der Waals surface area (Å²) in [6.45, 7) is 0. The molecule has 15 heavy (non-hydrogen) atoms. The van der Waals surface area contributed by atoms with Crippen LogP contribution in [-0.2, 0) is 6.42 Å². The minimum Gasteiger partial charge on any atom is -0.263 e. The molecule has 0 amide bonds. The second-order valence-electron chi connectivity index (χ2n) is 3.18. The molecule has 0 aliphatic carbocycles. The number of aromatic nitrogens is 2. The van der Waals surface area contributed by atoms with Crippen LogP contribution in [0.25, 0.3) is 0 Å². The van der Waals surface area contributed by atoms with Gasteiger partial charge in [0.25, 0.3) is 0 Å². The smallest absolute Gasteiger partial charge is 0.106 e. The Bertz CT molecular complexity index is 454. The average molecular weight is 328 g/mol. The van der Waals surface area contributed by atoms with Crippen molar-refractivity contribution in [2.24, 2.45) is 0 Å². The lowest BCUT2D eigenvalue weighted by molar-refractivity contribution is 1.10. The third-order valence-electron chi connectivity index (χ3n) is 1.96. The maximum atomic E-state index is 4.18. The van der Waals surface area contributed by atoms with Gasteiger partial charge in [-0.1, -0.05) is 6.07 Å². The second kappa shape index (κ2) is 4.86. The largest absolute Gasteiger partial charge is 0.263 e. The van der Waals surface area contributed by atoms with Crippen LogP contribution in [0.4, 0.5) is 0 Å². The van der Waals surface area contributed by atoms with Gasteiger partial charge in [-0.25, -0.2) is 4.98 Å². The number of nitrogens with zero attached hydrogens (tertiary/aromatic N) is 2. The van der Waals surface area contributed by atoms with E-state index < -0.39 is 0 Å². The lowest BCUT2D eigenvalue weighted by atomic mass is 10.1. The minimum atomic E-state index is 0.854. The Hall–Kier alpha value is -0.740. The Balaban J connectivity index is 2.18. The monoisotopic (exact) mass is 326 g/mol. The van der Waals surface area contributed by atoms with Crippen LogP contribution in [-0.4, -0.2) is 9.97 Å². The van der Waals surface area contributed by atoms with Crippen LogP contribution in [0.15, 0.2) is 45.9 Å². The van der Waals surface area contributed by atoms with Crippen molar-refractivity contribution >= 4 is 31.9 Å². The molecule has 2 aromatic rings. The molecule has 0 radical (unpaired) electrons. The first kappa shape index (κ1) is 10.8. The van der Waals surface area contributed by atoms with Crippen molar-refractivity contribution in [1.29, 1.82) is 0 Å². The molecule has 0 aromatic carbocycles. The molecule has 0 bridgehead atoms. The average Bonchev–Trinajstić information content (AvgIpc) is 2.22. The van der Waals surface area contributed by atoms with E-state index in [9.17, 15) is 0 Å². The summed E-state index contributed by atoms with van der Waals surface area (Å²) in [4.78, 5) is 8.30. The van der Waals surface area contributed by atoms with E-state index in [0.29, 0.717) is 0 Å². The van der Waals surface area contributed by atoms with E-state index in [1.807, 2.05) is 18.5 Å². The fourth-order valence-corrected chi connectivity index (χ4v) is 1.95. The standard InChI is InChI=1S/C11H8Br2N2/c12-10-4-9(5-14-7-10)3-8-1-2-11(13)15-6-8/h1-2,4-7H,3H2. The molecule has 2 rings (SSSR count). The number of hydrogen-bond donors (Lipinski definition) is 0. The molecule has 0 aliphatic rings. The minimum absolute atomic E-state index is 0.854. The number of pyridine rings is 2. The molecule has 0 unspecified atom stereocenters. The van der Waals surface area contributed by atoms with E-state index in [1.54, 1.807) is 6.20 Å². The molecular weight excluding hydrogens is 320 g/mol. The lowest BCUT2D eigenvalue weighted by Gasteiger charge is -2.01. The molecule has 2 aromatic heterocycles. The zero-order valence-corrected chi connectivity index (χ0v) is 11.0. The highest BCUT2D eigenvalue weighted by Crippen LogP contribution is 2.14. The molecule has 0 N–H and O–H groups in total. The zero-order chi connectivity index (χ0) is 10.7. The molecule has 0 spiro atoms. The first-order chi connectivity index (χ1) is 7.24. The van der Waals surface area contributed by atoms with Gasteiger partial charge in [0.2, 0.25) is 0 Å². The molecule has 4 heteroatoms. The SMILES string of the molecule is Brc1cncc(Cc2ccc(Br)nc2)c1. The fraction of sp³-hybridized carbons (Fsp3) is 0.0909. The van der Waals surface area contributed by atoms with Gasteiger partial charge in [0.05, 0.1) is 0 Å². The summed E-state index contributed by atoms with van der Waals surface area (Å²) in [5.41, 5.74) is 2.35. The zero-order valence-electron chi connectivity index (χ0n) is 7.82. The maximum Gasteiger partial charge on any atom is 0.106 e. The van der Waals surface area contributed by atoms with Crippen LogP contribution in [0.3, 0.4) is 0 Å². The van der Waals surface area contributed by atoms with E-state index >= 15 is 0 Å². The van der Waals surface area contributed by atoms with Gasteiger partial charge in [-0.3, -0.25) is 4.98 Å². The Morgan fingerprint density at radius 1 is 1.00 bits per heavy atom. The third-order valence-corrected chi connectivity index (χ3v) is 2.86. The van der Waals surface area contributed by atoms with Crippen molar-refractivity contribution < 1.29 is 0 Å². The van der Waals surface area contributed by atoms with Crippen molar-refractivity contribution in [3.05, 3.63) is 57.0 Å². The van der Waals surface area contributed by atoms with Gasteiger partial charge < -0.3 is 0 Å². The summed E-state index contributed by atoms with van der Waals surface area (Å²) >= 11 is 6.71. The topological polar surface area (TPSA) is 25.8 Å². The molecule has 0 atom stereocenters. The Kier molecular flexibility index (Phi) is 3.49. The molecule has 0 aliphatic heterocycles. The molecule has 0 saturated carbocycles. The predicted octanol–water partition coefficient (Wildman–Crippen LogP) is 3.59. The van der Waals surface area contributed by atoms with Crippen LogP contribution in [0.2, 0.25) is 0 Å². The molecule has 2 heterocycles. The van der Waals surface area contributed by atoms with Crippen molar-refractivity contribution in [2.45, 2.75) is 6.42 Å². The highest BCUT2D eigenvalue weighted by atomic mass is 79.9. The van der Waals surface area contributed by atoms with Crippen molar-refractivity contribution in [3.8, 4) is 0 Å². The molecular formula is C11H8Br2N2. The van der Waals surface area contributed by atoms with E-state index in [4.69, 9.17) is 0 Å². The lowest BCUT2D eigenvalue weighted by Crippen LogP contribution is -1.90. The summed E-state index contributed by atoms with van der Waals surface area (Å²) in [6, 6.07) is 6.06. The molecule has 0 fully saturated rings. The van der Waals surface area contributed by atoms with Crippen LogP contribution >= 0.6 is 31.9 Å². The summed E-state index contributed by atoms with van der Waals surface area (Å²) in [7, 11) is 0. The van der Waals surface area contributed by atoms with E-state index in [-0.39, 0.29) is 0 Å². The maximum absolute atomic E-state index is 4.18. The second-order valence-corrected chi connectivity index (χ2v) is 4.91. The number of halogens is 2. The summed E-state index contributed by atoms with van der Waals surface area (Å²) in [5.74, 6) is 0. The normalized spacial score (nSPS) is 10.3. The summed E-state index contributed by atoms with van der Waals surface area (Å²) in [6.07, 6.45) is 6.37. The van der Waals surface area contributed by atoms with Gasteiger partial charge in [-0.15, -0.1) is 0 Å². The molecule has 76 valence electrons. The van der Waals surface area contributed by atoms with Gasteiger partial charge >= 0.3 is 0 Å². The van der Waals surface area contributed by atoms with Crippen molar-refractivity contribution in [1.82, 2.24) is 9.97 Å². The van der Waals surface area contributed by atoms with Gasteiger partial charge in [-0.05, 0) is 55.1 Å². The Labute approximate surface area is 105 Å². The van der Waals surface area contributed by atoms with Crippen LogP contribution < -0.4 is 0 Å². The van der Waals surface area contributed by atoms with Crippen LogP contribution in [0.1, 0.15) is 11.1 Å². The predicted molar refractivity (Wildman–Crippen MR) is 66.7 cm³/mol. The Morgan fingerprint density at radius 3 is 2.53 bits per heavy atom. The molecule has 2 nitrogen and oxygen atoms in total. The van der Waals surface area contributed by atoms with E-state index in [0.717, 1.165) is 15.5 Å². The third kappa shape index (κ3) is 3.11. The van der Waals surface area contributed by atoms with Gasteiger partial charge in [0.15, 0.2) is 0 Å². The van der Waals surface area contributed by atoms with Gasteiger partial charge in [0.1, 0.15) is 4.60 Å². The number of hydrogen-bond acceptors (Lipinski definition) is 2. The van der Waals surface area contributed by atoms with Gasteiger partial charge in [0, 0.05) is 29.5 Å².